The van der Waals surface area contributed by atoms with E-state index >= 15 is 0 Å². The molecule has 0 aliphatic carbocycles. The average molecular weight is 270 g/mol. The summed E-state index contributed by atoms with van der Waals surface area (Å²) in [6.07, 6.45) is 2.42. The molecule has 0 aromatic heterocycles. The molecule has 0 bridgehead atoms. The quantitative estimate of drug-likeness (QED) is 0.376. The normalized spacial score (nSPS) is 19.1. The SMILES string of the molecule is N#C/C(=N\Nc1ccc(C2CCCNC2)cc1)C(=N)N. The summed E-state index contributed by atoms with van der Waals surface area (Å²) in [7, 11) is 0. The number of amidine groups is 1. The summed E-state index contributed by atoms with van der Waals surface area (Å²) in [5.74, 6) is 0.220. The first kappa shape index (κ1) is 14.0. The van der Waals surface area contributed by atoms with E-state index in [1.165, 1.54) is 18.4 Å². The van der Waals surface area contributed by atoms with Gasteiger partial charge in [0.25, 0.3) is 0 Å². The van der Waals surface area contributed by atoms with Crippen molar-refractivity contribution in [2.24, 2.45) is 10.8 Å². The van der Waals surface area contributed by atoms with E-state index in [0.29, 0.717) is 5.92 Å². The third-order valence-electron chi connectivity index (χ3n) is 3.34. The number of nitriles is 1. The third kappa shape index (κ3) is 3.56. The molecule has 2 rings (SSSR count). The lowest BCUT2D eigenvalue weighted by molar-refractivity contribution is 0.461. The second kappa shape index (κ2) is 6.68. The van der Waals surface area contributed by atoms with Gasteiger partial charge < -0.3 is 11.1 Å². The first-order valence-electron chi connectivity index (χ1n) is 6.59. The van der Waals surface area contributed by atoms with Gasteiger partial charge in [-0.15, -0.1) is 0 Å². The van der Waals surface area contributed by atoms with Crippen molar-refractivity contribution in [2.45, 2.75) is 18.8 Å². The maximum absolute atomic E-state index is 8.74. The Morgan fingerprint density at radius 3 is 2.75 bits per heavy atom. The highest BCUT2D eigenvalue weighted by atomic mass is 15.3. The minimum atomic E-state index is -0.343. The molecule has 0 saturated carbocycles. The smallest absolute Gasteiger partial charge is 0.201 e. The van der Waals surface area contributed by atoms with Gasteiger partial charge in [0.05, 0.1) is 5.69 Å². The van der Waals surface area contributed by atoms with Gasteiger partial charge in [0.2, 0.25) is 5.71 Å². The number of hydrazone groups is 1. The largest absolute Gasteiger partial charge is 0.382 e. The van der Waals surface area contributed by atoms with E-state index < -0.39 is 0 Å². The first-order chi connectivity index (χ1) is 9.70. The number of benzene rings is 1. The number of nitrogens with one attached hydrogen (secondary N) is 3. The lowest BCUT2D eigenvalue weighted by atomic mass is 9.92. The lowest BCUT2D eigenvalue weighted by Gasteiger charge is -2.23. The highest BCUT2D eigenvalue weighted by Crippen LogP contribution is 2.24. The van der Waals surface area contributed by atoms with E-state index in [0.717, 1.165) is 18.8 Å². The van der Waals surface area contributed by atoms with E-state index in [4.69, 9.17) is 16.4 Å². The van der Waals surface area contributed by atoms with Crippen LogP contribution in [0.2, 0.25) is 0 Å². The Bertz CT molecular complexity index is 534. The van der Waals surface area contributed by atoms with E-state index in [-0.39, 0.29) is 11.5 Å². The van der Waals surface area contributed by atoms with E-state index in [9.17, 15) is 0 Å². The second-order valence-electron chi connectivity index (χ2n) is 4.76. The van der Waals surface area contributed by atoms with Crippen LogP contribution < -0.4 is 16.5 Å². The van der Waals surface area contributed by atoms with Crippen molar-refractivity contribution in [1.82, 2.24) is 5.32 Å². The van der Waals surface area contributed by atoms with E-state index in [1.54, 1.807) is 6.07 Å². The highest BCUT2D eigenvalue weighted by molar-refractivity contribution is 6.45. The number of hydrogen-bond donors (Lipinski definition) is 4. The molecule has 0 radical (unpaired) electrons. The predicted molar refractivity (Wildman–Crippen MR) is 79.9 cm³/mol. The molecule has 1 unspecified atom stereocenters. The summed E-state index contributed by atoms with van der Waals surface area (Å²) in [4.78, 5) is 0. The Morgan fingerprint density at radius 2 is 2.20 bits per heavy atom. The van der Waals surface area contributed by atoms with Crippen molar-refractivity contribution >= 4 is 17.2 Å². The van der Waals surface area contributed by atoms with Crippen molar-refractivity contribution in [2.75, 3.05) is 18.5 Å². The fraction of sp³-hybridized carbons (Fsp3) is 0.357. The van der Waals surface area contributed by atoms with Crippen LogP contribution in [0.3, 0.4) is 0 Å². The van der Waals surface area contributed by atoms with Crippen LogP contribution in [0.15, 0.2) is 29.4 Å². The zero-order valence-corrected chi connectivity index (χ0v) is 11.2. The molecule has 1 aliphatic rings. The number of rotatable bonds is 4. The van der Waals surface area contributed by atoms with Crippen LogP contribution in [0.25, 0.3) is 0 Å². The summed E-state index contributed by atoms with van der Waals surface area (Å²) in [5, 5.41) is 23.1. The van der Waals surface area contributed by atoms with Crippen molar-refractivity contribution in [3.63, 3.8) is 0 Å². The van der Waals surface area contributed by atoms with E-state index in [2.05, 4.69) is 28.0 Å². The minimum Gasteiger partial charge on any atom is -0.382 e. The van der Waals surface area contributed by atoms with Crippen molar-refractivity contribution in [3.8, 4) is 6.07 Å². The molecule has 1 aromatic rings. The molecular formula is C14H18N6. The van der Waals surface area contributed by atoms with Crippen molar-refractivity contribution in [3.05, 3.63) is 29.8 Å². The average Bonchev–Trinajstić information content (AvgIpc) is 2.49. The third-order valence-corrected chi connectivity index (χ3v) is 3.34. The monoisotopic (exact) mass is 270 g/mol. The van der Waals surface area contributed by atoms with Crippen molar-refractivity contribution < 1.29 is 0 Å². The first-order valence-corrected chi connectivity index (χ1v) is 6.59. The Hall–Kier alpha value is -2.39. The number of hydrogen-bond acceptors (Lipinski definition) is 5. The molecule has 1 aromatic carbocycles. The lowest BCUT2D eigenvalue weighted by Crippen LogP contribution is -2.28. The Kier molecular flexibility index (Phi) is 4.69. The summed E-state index contributed by atoms with van der Waals surface area (Å²) in [6.45, 7) is 2.13. The van der Waals surface area contributed by atoms with Gasteiger partial charge in [-0.05, 0) is 43.0 Å². The fourth-order valence-electron chi connectivity index (χ4n) is 2.23. The Balaban J connectivity index is 2.01. The van der Waals surface area contributed by atoms with Gasteiger partial charge in [0.1, 0.15) is 6.07 Å². The van der Waals surface area contributed by atoms with Crippen LogP contribution in [0.5, 0.6) is 0 Å². The molecule has 6 heteroatoms. The predicted octanol–water partition coefficient (Wildman–Crippen LogP) is 1.38. The van der Waals surface area contributed by atoms with Gasteiger partial charge >= 0.3 is 0 Å². The Morgan fingerprint density at radius 1 is 1.45 bits per heavy atom. The molecule has 0 spiro atoms. The molecular weight excluding hydrogens is 252 g/mol. The van der Waals surface area contributed by atoms with Crippen LogP contribution in [0, 0.1) is 16.7 Å². The van der Waals surface area contributed by atoms with Gasteiger partial charge in [-0.25, -0.2) is 0 Å². The van der Waals surface area contributed by atoms with Crippen LogP contribution in [-0.4, -0.2) is 24.6 Å². The van der Waals surface area contributed by atoms with Crippen molar-refractivity contribution in [1.29, 1.82) is 10.7 Å². The summed E-state index contributed by atoms with van der Waals surface area (Å²) in [5.41, 5.74) is 9.91. The summed E-state index contributed by atoms with van der Waals surface area (Å²) in [6, 6.07) is 9.73. The molecule has 1 heterocycles. The van der Waals surface area contributed by atoms with Crippen LogP contribution in [-0.2, 0) is 0 Å². The van der Waals surface area contributed by atoms with Crippen LogP contribution >= 0.6 is 0 Å². The molecule has 104 valence electrons. The minimum absolute atomic E-state index is 0.120. The maximum Gasteiger partial charge on any atom is 0.201 e. The molecule has 0 amide bonds. The molecule has 1 fully saturated rings. The number of nitrogens with two attached hydrogens (primary N) is 1. The topological polar surface area (TPSA) is 110 Å². The maximum atomic E-state index is 8.74. The fourth-order valence-corrected chi connectivity index (χ4v) is 2.23. The molecule has 1 atom stereocenters. The number of nitrogens with zero attached hydrogens (tertiary/aromatic N) is 2. The number of anilines is 1. The van der Waals surface area contributed by atoms with Gasteiger partial charge in [-0.3, -0.25) is 10.8 Å². The van der Waals surface area contributed by atoms with E-state index in [1.807, 2.05) is 12.1 Å². The summed E-state index contributed by atoms with van der Waals surface area (Å²) >= 11 is 0. The van der Waals surface area contributed by atoms with Gasteiger partial charge in [0, 0.05) is 6.54 Å². The van der Waals surface area contributed by atoms with Gasteiger partial charge in [-0.2, -0.15) is 10.4 Å². The zero-order chi connectivity index (χ0) is 14.4. The standard InChI is InChI=1S/C14H18N6/c15-8-13(14(16)17)20-19-12-5-3-10(4-6-12)11-2-1-7-18-9-11/h3-6,11,18-19H,1-2,7,9H2,(H3,16,17)/b20-13+. The van der Waals surface area contributed by atoms with Crippen LogP contribution in [0.4, 0.5) is 5.69 Å². The summed E-state index contributed by atoms with van der Waals surface area (Å²) < 4.78 is 0. The van der Waals surface area contributed by atoms with Gasteiger partial charge in [-0.1, -0.05) is 12.1 Å². The molecule has 5 N–H and O–H groups in total. The van der Waals surface area contributed by atoms with Crippen LogP contribution in [0.1, 0.15) is 24.3 Å². The Labute approximate surface area is 118 Å². The molecule has 1 aliphatic heterocycles. The highest BCUT2D eigenvalue weighted by Gasteiger charge is 2.14. The molecule has 1 saturated heterocycles. The molecule has 6 nitrogen and oxygen atoms in total. The second-order valence-corrected chi connectivity index (χ2v) is 4.76. The number of piperidine rings is 1. The molecule has 20 heavy (non-hydrogen) atoms. The zero-order valence-electron chi connectivity index (χ0n) is 11.2. The van der Waals surface area contributed by atoms with Gasteiger partial charge in [0.15, 0.2) is 5.84 Å².